The van der Waals surface area contributed by atoms with Gasteiger partial charge in [0.05, 0.1) is 20.8 Å². The minimum absolute atomic E-state index is 0.275. The molecule has 1 atom stereocenters. The van der Waals surface area contributed by atoms with Crippen molar-refractivity contribution in [2.24, 2.45) is 0 Å². The molecule has 0 saturated heterocycles. The van der Waals surface area contributed by atoms with Crippen LogP contribution in [0.1, 0.15) is 31.7 Å². The van der Waals surface area contributed by atoms with Crippen molar-refractivity contribution in [1.82, 2.24) is 0 Å². The van der Waals surface area contributed by atoms with Crippen LogP contribution in [-0.4, -0.2) is 20.1 Å². The lowest BCUT2D eigenvalue weighted by atomic mass is 9.98. The number of anilines is 2. The number of nitrogens with zero attached hydrogens (tertiary/aromatic N) is 2. The van der Waals surface area contributed by atoms with Gasteiger partial charge in [-0.2, -0.15) is 0 Å². The van der Waals surface area contributed by atoms with Crippen molar-refractivity contribution in [3.63, 3.8) is 0 Å². The average Bonchev–Trinajstić information content (AvgIpc) is 2.64. The van der Waals surface area contributed by atoms with Crippen LogP contribution in [0.3, 0.4) is 0 Å². The number of rotatable bonds is 4. The summed E-state index contributed by atoms with van der Waals surface area (Å²) >= 11 is 18.4. The van der Waals surface area contributed by atoms with Gasteiger partial charge in [-0.15, -0.1) is 0 Å². The van der Waals surface area contributed by atoms with E-state index >= 15 is 0 Å². The smallest absolute Gasteiger partial charge is 0.202 e. The van der Waals surface area contributed by atoms with Gasteiger partial charge >= 0.3 is 0 Å². The maximum absolute atomic E-state index is 8.49. The van der Waals surface area contributed by atoms with E-state index in [1.54, 1.807) is 29.0 Å². The van der Waals surface area contributed by atoms with Gasteiger partial charge in [0, 0.05) is 19.8 Å². The molecule has 0 aliphatic rings. The lowest BCUT2D eigenvalue weighted by Crippen LogP contribution is -2.39. The molecule has 0 aliphatic heterocycles. The van der Waals surface area contributed by atoms with E-state index in [1.807, 2.05) is 19.2 Å². The first-order valence-electron chi connectivity index (χ1n) is 8.07. The summed E-state index contributed by atoms with van der Waals surface area (Å²) in [5, 5.41) is 9.51. The molecule has 0 saturated carbocycles. The number of guanidine groups is 1. The van der Waals surface area contributed by atoms with Crippen LogP contribution in [0.2, 0.25) is 15.1 Å². The summed E-state index contributed by atoms with van der Waals surface area (Å²) in [5.41, 5.74) is 2.86. The molecule has 1 N–H and O–H groups in total. The highest BCUT2D eigenvalue weighted by molar-refractivity contribution is 6.49. The van der Waals surface area contributed by atoms with Crippen LogP contribution in [0, 0.1) is 5.41 Å². The average molecular weight is 399 g/mol. The van der Waals surface area contributed by atoms with E-state index in [-0.39, 0.29) is 5.96 Å². The standard InChI is InChI=1S/C19H22Cl3N3/c1-5-12(2)13-6-8-14(9-7-13)24(3)19(23)25(4)16-11-10-15(20)17(21)18(16)22/h6-12,23H,5H2,1-4H3. The summed E-state index contributed by atoms with van der Waals surface area (Å²) in [5.74, 6) is 0.799. The molecule has 1 unspecified atom stereocenters. The molecule has 134 valence electrons. The summed E-state index contributed by atoms with van der Waals surface area (Å²) < 4.78 is 0. The third-order valence-electron chi connectivity index (χ3n) is 4.47. The normalized spacial score (nSPS) is 12.0. The van der Waals surface area contributed by atoms with Crippen LogP contribution in [0.15, 0.2) is 36.4 Å². The van der Waals surface area contributed by atoms with Gasteiger partial charge in [0.25, 0.3) is 0 Å². The molecule has 0 heterocycles. The fourth-order valence-corrected chi connectivity index (χ4v) is 3.16. The van der Waals surface area contributed by atoms with E-state index in [2.05, 4.69) is 26.0 Å². The fraction of sp³-hybridized carbons (Fsp3) is 0.316. The van der Waals surface area contributed by atoms with Crippen molar-refractivity contribution in [1.29, 1.82) is 5.41 Å². The van der Waals surface area contributed by atoms with E-state index in [4.69, 9.17) is 40.2 Å². The first kappa shape index (κ1) is 19.9. The fourth-order valence-electron chi connectivity index (χ4n) is 2.50. The predicted octanol–water partition coefficient (Wildman–Crippen LogP) is 6.67. The summed E-state index contributed by atoms with van der Waals surface area (Å²) in [4.78, 5) is 3.46. The van der Waals surface area contributed by atoms with Crippen LogP contribution in [0.5, 0.6) is 0 Å². The van der Waals surface area contributed by atoms with Crippen LogP contribution in [0.25, 0.3) is 0 Å². The minimum atomic E-state index is 0.275. The van der Waals surface area contributed by atoms with Gasteiger partial charge in [-0.05, 0) is 42.2 Å². The largest absolute Gasteiger partial charge is 0.316 e. The Bertz CT molecular complexity index is 759. The minimum Gasteiger partial charge on any atom is -0.316 e. The summed E-state index contributed by atoms with van der Waals surface area (Å²) in [6, 6.07) is 11.7. The molecular formula is C19H22Cl3N3. The zero-order chi connectivity index (χ0) is 18.7. The quantitative estimate of drug-likeness (QED) is 0.354. The Morgan fingerprint density at radius 2 is 1.56 bits per heavy atom. The van der Waals surface area contributed by atoms with Crippen molar-refractivity contribution in [3.05, 3.63) is 57.0 Å². The molecule has 25 heavy (non-hydrogen) atoms. The van der Waals surface area contributed by atoms with Crippen molar-refractivity contribution < 1.29 is 0 Å². The van der Waals surface area contributed by atoms with E-state index in [0.29, 0.717) is 26.7 Å². The highest BCUT2D eigenvalue weighted by Gasteiger charge is 2.18. The Morgan fingerprint density at radius 1 is 0.960 bits per heavy atom. The van der Waals surface area contributed by atoms with Crippen LogP contribution in [0.4, 0.5) is 11.4 Å². The molecule has 6 heteroatoms. The number of benzene rings is 2. The SMILES string of the molecule is CCC(C)c1ccc(N(C)C(=N)N(C)c2ccc(Cl)c(Cl)c2Cl)cc1. The van der Waals surface area contributed by atoms with Gasteiger partial charge in [-0.1, -0.05) is 60.8 Å². The summed E-state index contributed by atoms with van der Waals surface area (Å²) in [6.07, 6.45) is 1.10. The maximum Gasteiger partial charge on any atom is 0.202 e. The second-order valence-electron chi connectivity index (χ2n) is 6.04. The highest BCUT2D eigenvalue weighted by atomic mass is 35.5. The molecule has 0 aromatic heterocycles. The lowest BCUT2D eigenvalue weighted by Gasteiger charge is -2.29. The molecule has 0 aliphatic carbocycles. The second-order valence-corrected chi connectivity index (χ2v) is 7.20. The Hall–Kier alpha value is -1.42. The number of nitrogens with one attached hydrogen (secondary N) is 1. The predicted molar refractivity (Wildman–Crippen MR) is 111 cm³/mol. The highest BCUT2D eigenvalue weighted by Crippen LogP contribution is 2.37. The van der Waals surface area contributed by atoms with Gasteiger partial charge < -0.3 is 9.80 Å². The Kier molecular flexibility index (Phi) is 6.61. The summed E-state index contributed by atoms with van der Waals surface area (Å²) in [7, 11) is 3.63. The first-order valence-corrected chi connectivity index (χ1v) is 9.20. The lowest BCUT2D eigenvalue weighted by molar-refractivity contribution is 0.733. The van der Waals surface area contributed by atoms with Crippen molar-refractivity contribution in [2.75, 3.05) is 23.9 Å². The molecule has 2 aromatic rings. The van der Waals surface area contributed by atoms with E-state index in [1.165, 1.54) is 5.56 Å². The van der Waals surface area contributed by atoms with Crippen LogP contribution in [-0.2, 0) is 0 Å². The van der Waals surface area contributed by atoms with E-state index in [9.17, 15) is 0 Å². The Labute approximate surface area is 164 Å². The molecular weight excluding hydrogens is 377 g/mol. The molecule has 0 fully saturated rings. The molecule has 0 spiro atoms. The van der Waals surface area contributed by atoms with Gasteiger partial charge in [0.15, 0.2) is 0 Å². The number of hydrogen-bond donors (Lipinski definition) is 1. The zero-order valence-electron chi connectivity index (χ0n) is 14.8. The molecule has 2 aromatic carbocycles. The molecule has 3 nitrogen and oxygen atoms in total. The second kappa shape index (κ2) is 8.31. The molecule has 0 amide bonds. The Balaban J connectivity index is 2.23. The van der Waals surface area contributed by atoms with Gasteiger partial charge in [0.2, 0.25) is 5.96 Å². The number of hydrogen-bond acceptors (Lipinski definition) is 1. The zero-order valence-corrected chi connectivity index (χ0v) is 17.0. The summed E-state index contributed by atoms with van der Waals surface area (Å²) in [6.45, 7) is 4.39. The van der Waals surface area contributed by atoms with Crippen molar-refractivity contribution >= 4 is 52.1 Å². The van der Waals surface area contributed by atoms with Crippen molar-refractivity contribution in [3.8, 4) is 0 Å². The van der Waals surface area contributed by atoms with Crippen molar-refractivity contribution in [2.45, 2.75) is 26.2 Å². The third kappa shape index (κ3) is 4.22. The number of halogens is 3. The van der Waals surface area contributed by atoms with E-state index in [0.717, 1.165) is 12.1 Å². The first-order chi connectivity index (χ1) is 11.8. The van der Waals surface area contributed by atoms with Gasteiger partial charge in [-0.25, -0.2) is 0 Å². The monoisotopic (exact) mass is 397 g/mol. The van der Waals surface area contributed by atoms with Crippen LogP contribution >= 0.6 is 34.8 Å². The van der Waals surface area contributed by atoms with Gasteiger partial charge in [-0.3, -0.25) is 5.41 Å². The molecule has 2 rings (SSSR count). The van der Waals surface area contributed by atoms with Crippen LogP contribution < -0.4 is 9.80 Å². The van der Waals surface area contributed by atoms with E-state index < -0.39 is 0 Å². The topological polar surface area (TPSA) is 30.3 Å². The molecule has 0 radical (unpaired) electrons. The molecule has 0 bridgehead atoms. The maximum atomic E-state index is 8.49. The third-order valence-corrected chi connectivity index (χ3v) is 5.76. The van der Waals surface area contributed by atoms with Gasteiger partial charge in [0.1, 0.15) is 0 Å². The Morgan fingerprint density at radius 3 is 2.12 bits per heavy atom.